The zero-order valence-corrected chi connectivity index (χ0v) is 20.7. The van der Waals surface area contributed by atoms with Crippen molar-refractivity contribution in [1.82, 2.24) is 24.5 Å². The number of nitrogens with one attached hydrogen (secondary N) is 1. The fourth-order valence-corrected chi connectivity index (χ4v) is 4.68. The van der Waals surface area contributed by atoms with E-state index in [1.807, 2.05) is 22.8 Å². The molecule has 3 aromatic heterocycles. The maximum absolute atomic E-state index is 5.57. The van der Waals surface area contributed by atoms with Gasteiger partial charge in [-0.25, -0.2) is 9.97 Å². The van der Waals surface area contributed by atoms with Gasteiger partial charge in [-0.1, -0.05) is 13.3 Å². The van der Waals surface area contributed by atoms with Crippen LogP contribution in [-0.2, 0) is 19.5 Å². The smallest absolute Gasteiger partial charge is 0.226 e. The summed E-state index contributed by atoms with van der Waals surface area (Å²) < 4.78 is 18.4. The molecule has 1 aliphatic rings. The number of benzene rings is 1. The average Bonchev–Trinajstić information content (AvgIpc) is 3.55. The van der Waals surface area contributed by atoms with Crippen LogP contribution in [0.25, 0.3) is 17.2 Å². The molecular weight excluding hydrogens is 444 g/mol. The molecule has 4 heterocycles. The number of furan rings is 1. The van der Waals surface area contributed by atoms with Gasteiger partial charge in [-0.3, -0.25) is 4.90 Å². The molecule has 1 unspecified atom stereocenters. The highest BCUT2D eigenvalue weighted by Crippen LogP contribution is 2.34. The fourth-order valence-electron chi connectivity index (χ4n) is 4.68. The van der Waals surface area contributed by atoms with Crippen LogP contribution in [0.2, 0.25) is 0 Å². The number of fused-ring (bicyclic) bond motifs is 2. The maximum atomic E-state index is 5.57. The number of ether oxygens (including phenoxy) is 2. The molecule has 184 valence electrons. The number of methoxy groups -OCH3 is 2. The zero-order valence-electron chi connectivity index (χ0n) is 20.7. The summed E-state index contributed by atoms with van der Waals surface area (Å²) >= 11 is 0. The lowest BCUT2D eigenvalue weighted by Gasteiger charge is -2.29. The highest BCUT2D eigenvalue weighted by Gasteiger charge is 2.22. The van der Waals surface area contributed by atoms with Crippen molar-refractivity contribution in [2.75, 3.05) is 26.1 Å². The zero-order chi connectivity index (χ0) is 24.4. The Morgan fingerprint density at radius 1 is 1.17 bits per heavy atom. The Balaban J connectivity index is 1.45. The van der Waals surface area contributed by atoms with Crippen molar-refractivity contribution in [3.8, 4) is 23.1 Å². The normalized spacial score (nSPS) is 14.6. The van der Waals surface area contributed by atoms with Gasteiger partial charge in [-0.2, -0.15) is 4.52 Å². The van der Waals surface area contributed by atoms with Gasteiger partial charge in [-0.05, 0) is 55.2 Å². The first-order valence-corrected chi connectivity index (χ1v) is 12.1. The maximum Gasteiger partial charge on any atom is 0.226 e. The van der Waals surface area contributed by atoms with Crippen molar-refractivity contribution in [3.63, 3.8) is 0 Å². The highest BCUT2D eigenvalue weighted by atomic mass is 16.5. The van der Waals surface area contributed by atoms with Crippen molar-refractivity contribution in [3.05, 3.63) is 53.4 Å². The highest BCUT2D eigenvalue weighted by molar-refractivity contribution is 5.58. The van der Waals surface area contributed by atoms with E-state index in [4.69, 9.17) is 29.0 Å². The summed E-state index contributed by atoms with van der Waals surface area (Å²) in [7, 11) is 3.35. The van der Waals surface area contributed by atoms with Gasteiger partial charge in [0.1, 0.15) is 0 Å². The Bertz CT molecular complexity index is 1300. The molecule has 9 nitrogen and oxygen atoms in total. The van der Waals surface area contributed by atoms with Crippen molar-refractivity contribution in [2.45, 2.75) is 52.2 Å². The average molecular weight is 477 g/mol. The van der Waals surface area contributed by atoms with Crippen LogP contribution in [0.5, 0.6) is 11.5 Å². The van der Waals surface area contributed by atoms with E-state index in [0.29, 0.717) is 24.1 Å². The van der Waals surface area contributed by atoms with Gasteiger partial charge in [0.05, 0.1) is 20.5 Å². The van der Waals surface area contributed by atoms with E-state index in [1.54, 1.807) is 20.5 Å². The molecule has 1 N–H and O–H groups in total. The topological polar surface area (TPSA) is 90.0 Å². The third kappa shape index (κ3) is 4.68. The van der Waals surface area contributed by atoms with Crippen LogP contribution in [0.1, 0.15) is 43.4 Å². The Morgan fingerprint density at radius 2 is 1.97 bits per heavy atom. The quantitative estimate of drug-likeness (QED) is 0.376. The van der Waals surface area contributed by atoms with E-state index in [2.05, 4.69) is 36.2 Å². The van der Waals surface area contributed by atoms with Crippen molar-refractivity contribution < 1.29 is 13.9 Å². The SMILES string of the molecule is CCCC(C)Nc1ncc(CN2CCc3cc(OC)c(OC)cc3C2)c2nc(-c3ccco3)nn12. The van der Waals surface area contributed by atoms with Crippen LogP contribution in [0.15, 0.2) is 41.1 Å². The van der Waals surface area contributed by atoms with Gasteiger partial charge < -0.3 is 19.2 Å². The van der Waals surface area contributed by atoms with Gasteiger partial charge >= 0.3 is 0 Å². The molecule has 9 heteroatoms. The standard InChI is InChI=1S/C26H32N6O3/c1-5-7-17(2)28-26-27-14-20(25-29-24(30-32(25)26)21-8-6-11-35-21)16-31-10-9-18-12-22(33-3)23(34-4)13-19(18)15-31/h6,8,11-14,17H,5,7,9-10,15-16H2,1-4H3,(H,27,28). The summed E-state index contributed by atoms with van der Waals surface area (Å²) in [6.07, 6.45) is 6.64. The molecule has 0 amide bonds. The molecule has 0 spiro atoms. The first kappa shape index (κ1) is 23.2. The minimum Gasteiger partial charge on any atom is -0.493 e. The molecule has 1 aliphatic heterocycles. The predicted molar refractivity (Wildman–Crippen MR) is 134 cm³/mol. The first-order chi connectivity index (χ1) is 17.1. The summed E-state index contributed by atoms with van der Waals surface area (Å²) in [5, 5.41) is 8.23. The Labute approximate surface area is 205 Å². The molecule has 0 saturated heterocycles. The Hall–Kier alpha value is -3.59. The molecule has 35 heavy (non-hydrogen) atoms. The van der Waals surface area contributed by atoms with Crippen LogP contribution >= 0.6 is 0 Å². The summed E-state index contributed by atoms with van der Waals surface area (Å²) in [5.74, 6) is 3.42. The van der Waals surface area contributed by atoms with Crippen LogP contribution in [0.4, 0.5) is 5.95 Å². The molecule has 1 atom stereocenters. The lowest BCUT2D eigenvalue weighted by atomic mass is 9.98. The van der Waals surface area contributed by atoms with Crippen LogP contribution in [-0.4, -0.2) is 51.3 Å². The first-order valence-electron chi connectivity index (χ1n) is 12.1. The summed E-state index contributed by atoms with van der Waals surface area (Å²) in [5.41, 5.74) is 4.36. The number of hydrogen-bond donors (Lipinski definition) is 1. The monoisotopic (exact) mass is 476 g/mol. The molecule has 0 aliphatic carbocycles. The molecular formula is C26H32N6O3. The van der Waals surface area contributed by atoms with Crippen molar-refractivity contribution in [2.24, 2.45) is 0 Å². The molecule has 0 bridgehead atoms. The minimum atomic E-state index is 0.281. The van der Waals surface area contributed by atoms with Crippen LogP contribution in [0.3, 0.4) is 0 Å². The van der Waals surface area contributed by atoms with E-state index in [1.165, 1.54) is 11.1 Å². The minimum absolute atomic E-state index is 0.281. The van der Waals surface area contributed by atoms with Crippen molar-refractivity contribution in [1.29, 1.82) is 0 Å². The molecule has 5 rings (SSSR count). The van der Waals surface area contributed by atoms with E-state index in [0.717, 1.165) is 55.1 Å². The van der Waals surface area contributed by atoms with E-state index in [9.17, 15) is 0 Å². The number of nitrogens with zero attached hydrogens (tertiary/aromatic N) is 5. The van der Waals surface area contributed by atoms with Gasteiger partial charge in [0.2, 0.25) is 11.8 Å². The van der Waals surface area contributed by atoms with E-state index >= 15 is 0 Å². The molecule has 0 saturated carbocycles. The molecule has 4 aromatic rings. The van der Waals surface area contributed by atoms with Crippen LogP contribution in [0, 0.1) is 0 Å². The second-order valence-electron chi connectivity index (χ2n) is 9.03. The van der Waals surface area contributed by atoms with Gasteiger partial charge in [0.25, 0.3) is 0 Å². The van der Waals surface area contributed by atoms with Gasteiger partial charge in [-0.15, -0.1) is 5.10 Å². The van der Waals surface area contributed by atoms with Crippen LogP contribution < -0.4 is 14.8 Å². The summed E-state index contributed by atoms with van der Waals surface area (Å²) in [6.45, 7) is 6.79. The second-order valence-corrected chi connectivity index (χ2v) is 9.03. The lowest BCUT2D eigenvalue weighted by molar-refractivity contribution is 0.244. The molecule has 0 fully saturated rings. The Morgan fingerprint density at radius 3 is 2.69 bits per heavy atom. The second kappa shape index (κ2) is 9.95. The van der Waals surface area contributed by atoms with Gasteiger partial charge in [0.15, 0.2) is 22.9 Å². The number of hydrogen-bond acceptors (Lipinski definition) is 8. The summed E-state index contributed by atoms with van der Waals surface area (Å²) in [4.78, 5) is 12.0. The van der Waals surface area contributed by atoms with E-state index < -0.39 is 0 Å². The van der Waals surface area contributed by atoms with E-state index in [-0.39, 0.29) is 6.04 Å². The largest absolute Gasteiger partial charge is 0.493 e. The number of aromatic nitrogens is 4. The van der Waals surface area contributed by atoms with Gasteiger partial charge in [0, 0.05) is 37.4 Å². The predicted octanol–water partition coefficient (Wildman–Crippen LogP) is 4.56. The van der Waals surface area contributed by atoms with Crippen molar-refractivity contribution >= 4 is 11.6 Å². The third-order valence-corrected chi connectivity index (χ3v) is 6.47. The summed E-state index contributed by atoms with van der Waals surface area (Å²) in [6, 6.07) is 8.18. The number of anilines is 1. The molecule has 1 aromatic carbocycles. The fraction of sp³-hybridized carbons (Fsp3) is 0.423. The lowest BCUT2D eigenvalue weighted by Crippen LogP contribution is -2.30. The Kier molecular flexibility index (Phi) is 6.59. The third-order valence-electron chi connectivity index (χ3n) is 6.47. The molecule has 0 radical (unpaired) electrons. The number of rotatable bonds is 9.